The number of hydrogen-bond acceptors (Lipinski definition) is 3. The van der Waals surface area contributed by atoms with E-state index in [1.165, 1.54) is 0 Å². The maximum Gasteiger partial charge on any atom is 0.230 e. The fourth-order valence-corrected chi connectivity index (χ4v) is 1.88. The van der Waals surface area contributed by atoms with Crippen molar-refractivity contribution >= 4 is 11.6 Å². The van der Waals surface area contributed by atoms with Crippen LogP contribution in [-0.4, -0.2) is 24.7 Å². The molecule has 1 unspecified atom stereocenters. The Bertz CT molecular complexity index is 455. The summed E-state index contributed by atoms with van der Waals surface area (Å²) >= 11 is 0. The molecule has 1 atom stereocenters. The van der Waals surface area contributed by atoms with E-state index < -0.39 is 5.92 Å². The van der Waals surface area contributed by atoms with Gasteiger partial charge in [-0.05, 0) is 43.0 Å². The minimum Gasteiger partial charge on any atom is -0.495 e. The van der Waals surface area contributed by atoms with Gasteiger partial charge in [-0.2, -0.15) is 0 Å². The van der Waals surface area contributed by atoms with Crippen molar-refractivity contribution in [2.75, 3.05) is 19.0 Å². The van der Waals surface area contributed by atoms with E-state index >= 15 is 0 Å². The second-order valence-corrected chi connectivity index (χ2v) is 5.16. The number of amides is 1. The van der Waals surface area contributed by atoms with Gasteiger partial charge in [-0.3, -0.25) is 4.79 Å². The van der Waals surface area contributed by atoms with Crippen LogP contribution >= 0.6 is 0 Å². The number of rotatable bonds is 5. The zero-order chi connectivity index (χ0) is 14.6. The van der Waals surface area contributed by atoms with Gasteiger partial charge in [0, 0.05) is 0 Å². The average molecular weight is 265 g/mol. The second-order valence-electron chi connectivity index (χ2n) is 5.16. The minimum atomic E-state index is -0.411. The molecule has 19 heavy (non-hydrogen) atoms. The molecule has 0 heterocycles. The first-order valence-electron chi connectivity index (χ1n) is 6.47. The molecule has 0 saturated carbocycles. The average Bonchev–Trinajstić information content (AvgIpc) is 2.33. The third-order valence-electron chi connectivity index (χ3n) is 3.41. The van der Waals surface area contributed by atoms with Gasteiger partial charge in [0.15, 0.2) is 0 Å². The zero-order valence-electron chi connectivity index (χ0n) is 12.3. The molecule has 0 aliphatic heterocycles. The number of aliphatic hydroxyl groups is 1. The number of anilines is 1. The van der Waals surface area contributed by atoms with Crippen molar-refractivity contribution in [3.05, 3.63) is 23.3 Å². The van der Waals surface area contributed by atoms with E-state index in [-0.39, 0.29) is 18.4 Å². The summed E-state index contributed by atoms with van der Waals surface area (Å²) in [5.41, 5.74) is 2.84. The number of ether oxygens (including phenoxy) is 1. The molecule has 106 valence electrons. The molecule has 0 aliphatic rings. The molecule has 0 fully saturated rings. The van der Waals surface area contributed by atoms with Crippen LogP contribution in [0.25, 0.3) is 0 Å². The first kappa shape index (κ1) is 15.5. The number of methoxy groups -OCH3 is 1. The van der Waals surface area contributed by atoms with Crippen molar-refractivity contribution in [3.63, 3.8) is 0 Å². The van der Waals surface area contributed by atoms with Gasteiger partial charge in [0.05, 0.1) is 25.3 Å². The Hall–Kier alpha value is -1.55. The lowest BCUT2D eigenvalue weighted by molar-refractivity contribution is -0.122. The van der Waals surface area contributed by atoms with Crippen LogP contribution in [-0.2, 0) is 4.79 Å². The molecule has 2 N–H and O–H groups in total. The highest BCUT2D eigenvalue weighted by atomic mass is 16.5. The molecule has 1 amide bonds. The lowest BCUT2D eigenvalue weighted by Crippen LogP contribution is -2.30. The van der Waals surface area contributed by atoms with E-state index in [0.29, 0.717) is 11.4 Å². The first-order chi connectivity index (χ1) is 8.90. The fourth-order valence-electron chi connectivity index (χ4n) is 1.88. The molecule has 0 spiro atoms. The quantitative estimate of drug-likeness (QED) is 0.860. The number of carbonyl (C=O) groups excluding carboxylic acids is 1. The van der Waals surface area contributed by atoms with Crippen LogP contribution in [0.15, 0.2) is 12.1 Å². The largest absolute Gasteiger partial charge is 0.495 e. The Morgan fingerprint density at radius 2 is 1.89 bits per heavy atom. The summed E-state index contributed by atoms with van der Waals surface area (Å²) in [5.74, 6) is 0.129. The molecule has 0 bridgehead atoms. The Kier molecular flexibility index (Phi) is 5.36. The van der Waals surface area contributed by atoms with E-state index in [9.17, 15) is 9.90 Å². The Labute approximate surface area is 114 Å². The highest BCUT2D eigenvalue weighted by molar-refractivity contribution is 5.94. The van der Waals surface area contributed by atoms with Crippen molar-refractivity contribution in [2.24, 2.45) is 11.8 Å². The van der Waals surface area contributed by atoms with Gasteiger partial charge < -0.3 is 15.2 Å². The second kappa shape index (κ2) is 6.57. The van der Waals surface area contributed by atoms with E-state index in [1.807, 2.05) is 39.8 Å². The monoisotopic (exact) mass is 265 g/mol. The van der Waals surface area contributed by atoms with E-state index in [4.69, 9.17) is 4.74 Å². The molecule has 1 aromatic carbocycles. The summed E-state index contributed by atoms with van der Waals surface area (Å²) in [7, 11) is 1.58. The van der Waals surface area contributed by atoms with Crippen LogP contribution in [0.1, 0.15) is 25.0 Å². The first-order valence-corrected chi connectivity index (χ1v) is 6.47. The number of benzene rings is 1. The summed E-state index contributed by atoms with van der Waals surface area (Å²) in [6.07, 6.45) is 0. The summed E-state index contributed by atoms with van der Waals surface area (Å²) in [6, 6.07) is 3.79. The predicted molar refractivity (Wildman–Crippen MR) is 76.5 cm³/mol. The summed E-state index contributed by atoms with van der Waals surface area (Å²) in [6.45, 7) is 7.65. The fraction of sp³-hybridized carbons (Fsp3) is 0.533. The van der Waals surface area contributed by atoms with Crippen LogP contribution in [0.5, 0.6) is 5.75 Å². The van der Waals surface area contributed by atoms with Gasteiger partial charge in [-0.25, -0.2) is 0 Å². The van der Waals surface area contributed by atoms with Gasteiger partial charge >= 0.3 is 0 Å². The molecule has 1 aromatic rings. The standard InChI is InChI=1S/C15H23NO3/c1-9(2)12(8-17)15(18)16-13-6-10(3)11(4)7-14(13)19-5/h6-7,9,12,17H,8H2,1-5H3,(H,16,18). The SMILES string of the molecule is COc1cc(C)c(C)cc1NC(=O)C(CO)C(C)C. The normalized spacial score (nSPS) is 12.4. The van der Waals surface area contributed by atoms with Crippen LogP contribution in [0.2, 0.25) is 0 Å². The molecule has 4 nitrogen and oxygen atoms in total. The van der Waals surface area contributed by atoms with E-state index in [2.05, 4.69) is 5.32 Å². The number of nitrogens with one attached hydrogen (secondary N) is 1. The highest BCUT2D eigenvalue weighted by Gasteiger charge is 2.22. The van der Waals surface area contributed by atoms with Gasteiger partial charge in [-0.1, -0.05) is 13.8 Å². The Morgan fingerprint density at radius 3 is 2.37 bits per heavy atom. The molecular weight excluding hydrogens is 242 g/mol. The van der Waals surface area contributed by atoms with Gasteiger partial charge in [0.1, 0.15) is 5.75 Å². The van der Waals surface area contributed by atoms with E-state index in [1.54, 1.807) is 7.11 Å². The zero-order valence-corrected chi connectivity index (χ0v) is 12.3. The lowest BCUT2D eigenvalue weighted by Gasteiger charge is -2.19. The van der Waals surface area contributed by atoms with Crippen molar-refractivity contribution in [1.29, 1.82) is 0 Å². The van der Waals surface area contributed by atoms with Crippen LogP contribution in [0.3, 0.4) is 0 Å². The molecule has 0 aliphatic carbocycles. The molecule has 4 heteroatoms. The van der Waals surface area contributed by atoms with Crippen molar-refractivity contribution in [3.8, 4) is 5.75 Å². The maximum atomic E-state index is 12.1. The molecule has 0 saturated heterocycles. The van der Waals surface area contributed by atoms with Gasteiger partial charge in [0.25, 0.3) is 0 Å². The number of hydrogen-bond donors (Lipinski definition) is 2. The highest BCUT2D eigenvalue weighted by Crippen LogP contribution is 2.28. The Balaban J connectivity index is 2.98. The maximum absolute atomic E-state index is 12.1. The Morgan fingerprint density at radius 1 is 1.32 bits per heavy atom. The predicted octanol–water partition coefficient (Wildman–Crippen LogP) is 2.52. The van der Waals surface area contributed by atoms with Crippen LogP contribution in [0.4, 0.5) is 5.69 Å². The summed E-state index contributed by atoms with van der Waals surface area (Å²) in [5, 5.41) is 12.1. The molecule has 0 aromatic heterocycles. The molecule has 0 radical (unpaired) electrons. The number of aryl methyl sites for hydroxylation is 2. The van der Waals surface area contributed by atoms with Gasteiger partial charge in [-0.15, -0.1) is 0 Å². The summed E-state index contributed by atoms with van der Waals surface area (Å²) < 4.78 is 5.28. The summed E-state index contributed by atoms with van der Waals surface area (Å²) in [4.78, 5) is 12.1. The molecule has 1 rings (SSSR count). The lowest BCUT2D eigenvalue weighted by atomic mass is 9.95. The third kappa shape index (κ3) is 3.70. The number of aliphatic hydroxyl groups excluding tert-OH is 1. The van der Waals surface area contributed by atoms with Gasteiger partial charge in [0.2, 0.25) is 5.91 Å². The van der Waals surface area contributed by atoms with Crippen LogP contribution < -0.4 is 10.1 Å². The van der Waals surface area contributed by atoms with Crippen molar-refractivity contribution < 1.29 is 14.6 Å². The smallest absolute Gasteiger partial charge is 0.230 e. The van der Waals surface area contributed by atoms with E-state index in [0.717, 1.165) is 11.1 Å². The van der Waals surface area contributed by atoms with Crippen molar-refractivity contribution in [1.82, 2.24) is 0 Å². The van der Waals surface area contributed by atoms with Crippen LogP contribution in [0, 0.1) is 25.7 Å². The number of carbonyl (C=O) groups is 1. The van der Waals surface area contributed by atoms with Crippen molar-refractivity contribution in [2.45, 2.75) is 27.7 Å². The third-order valence-corrected chi connectivity index (χ3v) is 3.41. The minimum absolute atomic E-state index is 0.0857. The molecular formula is C15H23NO3. The topological polar surface area (TPSA) is 58.6 Å².